The Morgan fingerprint density at radius 1 is 1.25 bits per heavy atom. The van der Waals surface area contributed by atoms with E-state index in [-0.39, 0.29) is 0 Å². The van der Waals surface area contributed by atoms with E-state index in [0.29, 0.717) is 21.7 Å². The number of piperidine rings is 1. The highest BCUT2D eigenvalue weighted by molar-refractivity contribution is 6.43. The molecule has 1 saturated heterocycles. The Kier molecular flexibility index (Phi) is 3.95. The standard InChI is InChI=1S/C12H15Cl2NO/c1-16-11-7-9(6-10(13)12(11)14)8-2-4-15-5-3-8/h6-8,15H,2-5H2,1H3. The van der Waals surface area contributed by atoms with Crippen LogP contribution in [0, 0.1) is 0 Å². The first-order valence-corrected chi connectivity index (χ1v) is 6.21. The largest absolute Gasteiger partial charge is 0.495 e. The van der Waals surface area contributed by atoms with Crippen LogP contribution in [0.1, 0.15) is 24.3 Å². The van der Waals surface area contributed by atoms with E-state index in [9.17, 15) is 0 Å². The molecule has 1 aromatic carbocycles. The van der Waals surface area contributed by atoms with Crippen molar-refractivity contribution in [3.05, 3.63) is 27.7 Å². The highest BCUT2D eigenvalue weighted by atomic mass is 35.5. The van der Waals surface area contributed by atoms with Gasteiger partial charge in [0.25, 0.3) is 0 Å². The third kappa shape index (κ3) is 2.45. The average Bonchev–Trinajstić information content (AvgIpc) is 2.33. The van der Waals surface area contributed by atoms with Gasteiger partial charge >= 0.3 is 0 Å². The van der Waals surface area contributed by atoms with Crippen LogP contribution in [0.3, 0.4) is 0 Å². The van der Waals surface area contributed by atoms with E-state index in [1.54, 1.807) is 7.11 Å². The summed E-state index contributed by atoms with van der Waals surface area (Å²) in [4.78, 5) is 0. The lowest BCUT2D eigenvalue weighted by molar-refractivity contribution is 0.411. The Bertz CT molecular complexity index is 376. The third-order valence-electron chi connectivity index (χ3n) is 3.05. The quantitative estimate of drug-likeness (QED) is 0.879. The molecule has 0 radical (unpaired) electrons. The fourth-order valence-corrected chi connectivity index (χ4v) is 2.53. The van der Waals surface area contributed by atoms with E-state index in [2.05, 4.69) is 5.32 Å². The second-order valence-corrected chi connectivity index (χ2v) is 4.83. The summed E-state index contributed by atoms with van der Waals surface area (Å²) in [6.07, 6.45) is 2.28. The van der Waals surface area contributed by atoms with Gasteiger partial charge in [0.1, 0.15) is 10.8 Å². The van der Waals surface area contributed by atoms with E-state index in [1.165, 1.54) is 5.56 Å². The summed E-state index contributed by atoms with van der Waals surface area (Å²) in [7, 11) is 1.61. The van der Waals surface area contributed by atoms with Crippen molar-refractivity contribution in [1.82, 2.24) is 5.32 Å². The molecule has 0 amide bonds. The zero-order valence-electron chi connectivity index (χ0n) is 9.22. The van der Waals surface area contributed by atoms with E-state index in [1.807, 2.05) is 12.1 Å². The number of hydrogen-bond donors (Lipinski definition) is 1. The molecule has 0 spiro atoms. The highest BCUT2D eigenvalue weighted by Crippen LogP contribution is 2.37. The fraction of sp³-hybridized carbons (Fsp3) is 0.500. The Morgan fingerprint density at radius 2 is 1.94 bits per heavy atom. The minimum atomic E-state index is 0.502. The number of ether oxygens (including phenoxy) is 1. The lowest BCUT2D eigenvalue weighted by Crippen LogP contribution is -2.26. The first kappa shape index (κ1) is 12.0. The molecule has 0 saturated carbocycles. The van der Waals surface area contributed by atoms with Crippen LogP contribution in [0.25, 0.3) is 0 Å². The van der Waals surface area contributed by atoms with Gasteiger partial charge in [-0.1, -0.05) is 23.2 Å². The topological polar surface area (TPSA) is 21.3 Å². The number of halogens is 2. The van der Waals surface area contributed by atoms with Crippen molar-refractivity contribution >= 4 is 23.2 Å². The fourth-order valence-electron chi connectivity index (χ4n) is 2.12. The van der Waals surface area contributed by atoms with Crippen LogP contribution in [-0.4, -0.2) is 20.2 Å². The molecular formula is C12H15Cl2NO. The van der Waals surface area contributed by atoms with Crippen LogP contribution in [0.15, 0.2) is 12.1 Å². The van der Waals surface area contributed by atoms with Crippen LogP contribution in [-0.2, 0) is 0 Å². The molecule has 1 aliphatic rings. The minimum absolute atomic E-state index is 0.502. The van der Waals surface area contributed by atoms with Crippen LogP contribution in [0.2, 0.25) is 10.0 Å². The van der Waals surface area contributed by atoms with Crippen molar-refractivity contribution in [3.63, 3.8) is 0 Å². The summed E-state index contributed by atoms with van der Waals surface area (Å²) in [5, 5.41) is 4.43. The molecule has 0 atom stereocenters. The van der Waals surface area contributed by atoms with Gasteiger partial charge in [-0.2, -0.15) is 0 Å². The zero-order chi connectivity index (χ0) is 11.5. The zero-order valence-corrected chi connectivity index (χ0v) is 10.7. The van der Waals surface area contributed by atoms with Gasteiger partial charge in [-0.3, -0.25) is 0 Å². The number of rotatable bonds is 2. The highest BCUT2D eigenvalue weighted by Gasteiger charge is 2.18. The monoisotopic (exact) mass is 259 g/mol. The average molecular weight is 260 g/mol. The van der Waals surface area contributed by atoms with E-state index < -0.39 is 0 Å². The van der Waals surface area contributed by atoms with Crippen LogP contribution < -0.4 is 10.1 Å². The Labute approximate surface area is 106 Å². The molecule has 88 valence electrons. The van der Waals surface area contributed by atoms with Crippen molar-refractivity contribution in [2.24, 2.45) is 0 Å². The summed E-state index contributed by atoms with van der Waals surface area (Å²) < 4.78 is 5.23. The van der Waals surface area contributed by atoms with E-state index in [4.69, 9.17) is 27.9 Å². The number of nitrogens with one attached hydrogen (secondary N) is 1. The molecular weight excluding hydrogens is 245 g/mol. The maximum absolute atomic E-state index is 6.09. The van der Waals surface area contributed by atoms with Crippen LogP contribution in [0.5, 0.6) is 5.75 Å². The van der Waals surface area contributed by atoms with E-state index in [0.717, 1.165) is 25.9 Å². The molecule has 0 unspecified atom stereocenters. The lowest BCUT2D eigenvalue weighted by atomic mass is 9.90. The Hall–Kier alpha value is -0.440. The predicted octanol–water partition coefficient (Wildman–Crippen LogP) is 3.47. The summed E-state index contributed by atoms with van der Waals surface area (Å²) in [5.41, 5.74) is 1.23. The molecule has 16 heavy (non-hydrogen) atoms. The normalized spacial score (nSPS) is 17.4. The second-order valence-electron chi connectivity index (χ2n) is 4.04. The Balaban J connectivity index is 2.29. The maximum atomic E-state index is 6.09. The van der Waals surface area contributed by atoms with Gasteiger partial charge in [0, 0.05) is 0 Å². The van der Waals surface area contributed by atoms with Crippen molar-refractivity contribution in [3.8, 4) is 5.75 Å². The molecule has 1 aliphatic heterocycles. The molecule has 4 heteroatoms. The van der Waals surface area contributed by atoms with Gasteiger partial charge in [0.2, 0.25) is 0 Å². The molecule has 0 bridgehead atoms. The lowest BCUT2D eigenvalue weighted by Gasteiger charge is -2.23. The van der Waals surface area contributed by atoms with Gasteiger partial charge < -0.3 is 10.1 Å². The molecule has 2 nitrogen and oxygen atoms in total. The summed E-state index contributed by atoms with van der Waals surface area (Å²) in [6.45, 7) is 2.13. The minimum Gasteiger partial charge on any atom is -0.495 e. The molecule has 1 heterocycles. The van der Waals surface area contributed by atoms with Gasteiger partial charge in [0.15, 0.2) is 0 Å². The number of benzene rings is 1. The van der Waals surface area contributed by atoms with Gasteiger partial charge in [-0.25, -0.2) is 0 Å². The van der Waals surface area contributed by atoms with Crippen molar-refractivity contribution < 1.29 is 4.74 Å². The van der Waals surface area contributed by atoms with Crippen molar-refractivity contribution in [2.45, 2.75) is 18.8 Å². The molecule has 0 aromatic heterocycles. The summed E-state index contributed by atoms with van der Waals surface area (Å²) in [5.74, 6) is 1.23. The van der Waals surface area contributed by atoms with Crippen molar-refractivity contribution in [2.75, 3.05) is 20.2 Å². The number of methoxy groups -OCH3 is 1. The second kappa shape index (κ2) is 5.26. The molecule has 2 rings (SSSR count). The van der Waals surface area contributed by atoms with Gasteiger partial charge in [-0.05, 0) is 49.5 Å². The molecule has 1 N–H and O–H groups in total. The van der Waals surface area contributed by atoms with E-state index >= 15 is 0 Å². The maximum Gasteiger partial charge on any atom is 0.139 e. The smallest absolute Gasteiger partial charge is 0.139 e. The first-order chi connectivity index (χ1) is 7.72. The van der Waals surface area contributed by atoms with Gasteiger partial charge in [-0.15, -0.1) is 0 Å². The summed E-state index contributed by atoms with van der Waals surface area (Å²) >= 11 is 12.1. The molecule has 0 aliphatic carbocycles. The number of hydrogen-bond acceptors (Lipinski definition) is 2. The Morgan fingerprint density at radius 3 is 2.56 bits per heavy atom. The molecule has 1 fully saturated rings. The predicted molar refractivity (Wildman–Crippen MR) is 67.9 cm³/mol. The van der Waals surface area contributed by atoms with Gasteiger partial charge in [0.05, 0.1) is 12.1 Å². The summed E-state index contributed by atoms with van der Waals surface area (Å²) in [6, 6.07) is 3.96. The van der Waals surface area contributed by atoms with Crippen LogP contribution >= 0.6 is 23.2 Å². The van der Waals surface area contributed by atoms with Crippen LogP contribution in [0.4, 0.5) is 0 Å². The molecule has 1 aromatic rings. The third-order valence-corrected chi connectivity index (χ3v) is 3.83. The first-order valence-electron chi connectivity index (χ1n) is 5.46. The SMILES string of the molecule is COc1cc(C2CCNCC2)cc(Cl)c1Cl. The van der Waals surface area contributed by atoms with Crippen molar-refractivity contribution in [1.29, 1.82) is 0 Å².